The van der Waals surface area contributed by atoms with E-state index in [2.05, 4.69) is 12.6 Å². The highest BCUT2D eigenvalue weighted by molar-refractivity contribution is 7.80. The molecule has 0 aromatic rings. The fraction of sp³-hybridized carbons (Fsp3) is 1.00. The molecule has 3 fully saturated rings. The molecule has 0 spiro atoms. The molecule has 4 unspecified atom stereocenters. The molecule has 0 radical (unpaired) electrons. The van der Waals surface area contributed by atoms with Crippen molar-refractivity contribution in [1.29, 1.82) is 0 Å². The summed E-state index contributed by atoms with van der Waals surface area (Å²) in [5.74, 6) is -0.197. The van der Waals surface area contributed by atoms with Gasteiger partial charge in [-0.05, 0) is 18.6 Å². The van der Waals surface area contributed by atoms with Crippen molar-refractivity contribution in [2.75, 3.05) is 39.3 Å². The Morgan fingerprint density at radius 2 is 2.10 bits per heavy atom. The van der Waals surface area contributed by atoms with Gasteiger partial charge >= 0.3 is 0 Å². The molecule has 3 rings (SSSR count). The molecule has 2 bridgehead atoms. The molecule has 3 aliphatic rings. The second-order valence-electron chi connectivity index (χ2n) is 5.18. The van der Waals surface area contributed by atoms with E-state index in [-0.39, 0.29) is 18.3 Å². The third-order valence-corrected chi connectivity index (χ3v) is 4.21. The van der Waals surface area contributed by atoms with E-state index >= 15 is 0 Å². The molecule has 0 aliphatic carbocycles. The van der Waals surface area contributed by atoms with E-state index in [1.807, 2.05) is 0 Å². The van der Waals surface area contributed by atoms with Gasteiger partial charge in [0.1, 0.15) is 18.3 Å². The highest BCUT2D eigenvalue weighted by atomic mass is 32.1. The number of fused-ring (bicyclic) bond motifs is 2. The van der Waals surface area contributed by atoms with E-state index in [0.29, 0.717) is 26.4 Å². The summed E-state index contributed by atoms with van der Waals surface area (Å²) in [5, 5.41) is 0. The lowest BCUT2D eigenvalue weighted by Crippen LogP contribution is -2.59. The molecule has 3 aliphatic heterocycles. The normalized spacial score (nSPS) is 41.4. The fourth-order valence-electron chi connectivity index (χ4n) is 3.01. The van der Waals surface area contributed by atoms with Crippen LogP contribution in [0.25, 0.3) is 0 Å². The molecule has 0 amide bonds. The molecule has 7 heteroatoms. The summed E-state index contributed by atoms with van der Waals surface area (Å²) < 4.78 is 34.7. The van der Waals surface area contributed by atoms with Crippen LogP contribution in [0.3, 0.4) is 0 Å². The lowest BCUT2D eigenvalue weighted by molar-refractivity contribution is -0.350. The molecule has 0 N–H and O–H groups in total. The maximum Gasteiger partial charge on any atom is 0.251 e. The number of thiol groups is 1. The van der Waals surface area contributed by atoms with Gasteiger partial charge in [-0.2, -0.15) is 12.6 Å². The summed E-state index contributed by atoms with van der Waals surface area (Å²) in [7, 11) is 1.64. The Kier molecular flexibility index (Phi) is 4.86. The number of hydrogen-bond acceptors (Lipinski definition) is 7. The lowest BCUT2D eigenvalue weighted by Gasteiger charge is -2.40. The van der Waals surface area contributed by atoms with Crippen molar-refractivity contribution in [2.45, 2.75) is 43.2 Å². The number of methoxy groups -OCH3 is 1. The van der Waals surface area contributed by atoms with E-state index < -0.39 is 12.1 Å². The average Bonchev–Trinajstić information content (AvgIpc) is 3.06. The molecular formula is C13H22O6S. The van der Waals surface area contributed by atoms with Crippen molar-refractivity contribution in [3.05, 3.63) is 0 Å². The van der Waals surface area contributed by atoms with E-state index in [1.54, 1.807) is 7.11 Å². The Hall–Kier alpha value is 0.110. The molecule has 0 saturated carbocycles. The van der Waals surface area contributed by atoms with Gasteiger partial charge in [-0.25, -0.2) is 0 Å². The first-order chi connectivity index (χ1) is 9.81. The summed E-state index contributed by atoms with van der Waals surface area (Å²) in [4.78, 5) is 0. The summed E-state index contributed by atoms with van der Waals surface area (Å²) in [6.45, 7) is 2.40. The maximum atomic E-state index is 6.00. The van der Waals surface area contributed by atoms with Crippen molar-refractivity contribution < 1.29 is 28.4 Å². The lowest BCUT2D eigenvalue weighted by atomic mass is 10.0. The predicted molar refractivity (Wildman–Crippen MR) is 72.9 cm³/mol. The molecule has 4 atom stereocenters. The quantitative estimate of drug-likeness (QED) is 0.573. The van der Waals surface area contributed by atoms with Gasteiger partial charge in [0, 0.05) is 13.7 Å². The van der Waals surface area contributed by atoms with Gasteiger partial charge in [0.15, 0.2) is 0 Å². The zero-order valence-corrected chi connectivity index (χ0v) is 12.6. The average molecular weight is 306 g/mol. The van der Waals surface area contributed by atoms with E-state index in [0.717, 1.165) is 18.6 Å². The number of rotatable bonds is 6. The van der Waals surface area contributed by atoms with Crippen LogP contribution >= 0.6 is 12.6 Å². The van der Waals surface area contributed by atoms with Crippen LogP contribution in [0.2, 0.25) is 0 Å². The van der Waals surface area contributed by atoms with E-state index in [1.165, 1.54) is 0 Å². The first-order valence-electron chi connectivity index (χ1n) is 7.12. The zero-order chi connectivity index (χ0) is 14.0. The van der Waals surface area contributed by atoms with Crippen molar-refractivity contribution in [3.8, 4) is 0 Å². The van der Waals surface area contributed by atoms with E-state index in [9.17, 15) is 0 Å². The smallest absolute Gasteiger partial charge is 0.251 e. The van der Waals surface area contributed by atoms with Crippen LogP contribution in [0.15, 0.2) is 0 Å². The summed E-state index contributed by atoms with van der Waals surface area (Å²) in [6, 6.07) is 0. The highest BCUT2D eigenvalue weighted by Gasteiger charge is 2.67. The standard InChI is InChI=1S/C13H22O6S/c1-14-11-10(15-6-3-7-20)9-8-18-13(11,19-9)12-16-4-2-5-17-12/h9-12,20H,2-8H2,1H3. The number of hydrogen-bond donors (Lipinski definition) is 1. The predicted octanol–water partition coefficient (Wildman–Crippen LogP) is 0.595. The molecule has 3 heterocycles. The monoisotopic (exact) mass is 306 g/mol. The minimum absolute atomic E-state index is 0.131. The van der Waals surface area contributed by atoms with Gasteiger partial charge in [-0.15, -0.1) is 0 Å². The van der Waals surface area contributed by atoms with Gasteiger partial charge in [-0.3, -0.25) is 0 Å². The molecule has 3 saturated heterocycles. The van der Waals surface area contributed by atoms with Crippen molar-refractivity contribution in [1.82, 2.24) is 0 Å². The van der Waals surface area contributed by atoms with Crippen molar-refractivity contribution >= 4 is 12.6 Å². The molecule has 116 valence electrons. The van der Waals surface area contributed by atoms with Crippen LogP contribution in [0.5, 0.6) is 0 Å². The second kappa shape index (κ2) is 6.48. The van der Waals surface area contributed by atoms with Crippen LogP contribution in [0, 0.1) is 0 Å². The minimum atomic E-state index is -0.995. The Bertz CT molecular complexity index is 324. The minimum Gasteiger partial charge on any atom is -0.373 e. The molecule has 20 heavy (non-hydrogen) atoms. The highest BCUT2D eigenvalue weighted by Crippen LogP contribution is 2.45. The van der Waals surface area contributed by atoms with Gasteiger partial charge in [-0.1, -0.05) is 0 Å². The Morgan fingerprint density at radius 3 is 2.80 bits per heavy atom. The fourth-order valence-corrected chi connectivity index (χ4v) is 3.14. The third kappa shape index (κ3) is 2.49. The van der Waals surface area contributed by atoms with Gasteiger partial charge in [0.25, 0.3) is 5.79 Å². The topological polar surface area (TPSA) is 55.4 Å². The van der Waals surface area contributed by atoms with Crippen LogP contribution in [-0.2, 0) is 28.4 Å². The van der Waals surface area contributed by atoms with E-state index in [4.69, 9.17) is 28.4 Å². The van der Waals surface area contributed by atoms with Crippen molar-refractivity contribution in [3.63, 3.8) is 0 Å². The number of ether oxygens (including phenoxy) is 6. The molecular weight excluding hydrogens is 284 g/mol. The van der Waals surface area contributed by atoms with Crippen LogP contribution in [-0.4, -0.2) is 69.7 Å². The van der Waals surface area contributed by atoms with Gasteiger partial charge < -0.3 is 28.4 Å². The second-order valence-corrected chi connectivity index (χ2v) is 5.63. The van der Waals surface area contributed by atoms with Gasteiger partial charge in [0.05, 0.1) is 19.8 Å². The van der Waals surface area contributed by atoms with Crippen LogP contribution in [0.4, 0.5) is 0 Å². The Morgan fingerprint density at radius 1 is 1.30 bits per heavy atom. The first kappa shape index (κ1) is 15.0. The maximum absolute atomic E-state index is 6.00. The van der Waals surface area contributed by atoms with Gasteiger partial charge in [0.2, 0.25) is 6.29 Å². The molecule has 0 aromatic carbocycles. The zero-order valence-electron chi connectivity index (χ0n) is 11.7. The van der Waals surface area contributed by atoms with Crippen LogP contribution < -0.4 is 0 Å². The largest absolute Gasteiger partial charge is 0.373 e. The van der Waals surface area contributed by atoms with Crippen molar-refractivity contribution in [2.24, 2.45) is 0 Å². The molecule has 6 nitrogen and oxygen atoms in total. The van der Waals surface area contributed by atoms with Crippen LogP contribution in [0.1, 0.15) is 12.8 Å². The summed E-state index contributed by atoms with van der Waals surface area (Å²) >= 11 is 4.19. The third-order valence-electron chi connectivity index (χ3n) is 3.89. The first-order valence-corrected chi connectivity index (χ1v) is 7.75. The molecule has 0 aromatic heterocycles. The summed E-state index contributed by atoms with van der Waals surface area (Å²) in [6.07, 6.45) is 0.605. The Balaban J connectivity index is 1.71. The SMILES string of the molecule is COC1C(OCCCS)C2COC1(C1OCCCO1)O2. The summed E-state index contributed by atoms with van der Waals surface area (Å²) in [5.41, 5.74) is 0. The Labute approximate surface area is 124 Å².